The molecule has 1 aromatic heterocycles. The van der Waals surface area contributed by atoms with Crippen LogP contribution in [0.5, 0.6) is 0 Å². The molecule has 2 aliphatic rings. The highest BCUT2D eigenvalue weighted by Gasteiger charge is 2.43. The van der Waals surface area contributed by atoms with E-state index in [0.29, 0.717) is 5.92 Å². The normalized spacial score (nSPS) is 23.5. The monoisotopic (exact) mass is 296 g/mol. The topological polar surface area (TPSA) is 32.7 Å². The second-order valence-corrected chi connectivity index (χ2v) is 6.59. The molecule has 2 heterocycles. The number of nitrogens with zero attached hydrogens (tertiary/aromatic N) is 2. The summed E-state index contributed by atoms with van der Waals surface area (Å²) in [6.07, 6.45) is 2.12. The number of benzene rings is 1. The smallest absolute Gasteiger partial charge is 0.240 e. The standard InChI is InChI=1S/C17H16N2OS/c1-11(20)19-17(15-7-4-10-21-15)14-9-8-12-5-2-3-6-13(12)16(14)18-19/h2-7,10,14,17H,8-9H2,1H3/t14-,17+/m1/s1. The largest absolute Gasteiger partial charge is 0.273 e. The van der Waals surface area contributed by atoms with Crippen LogP contribution in [0.2, 0.25) is 0 Å². The van der Waals surface area contributed by atoms with E-state index in [1.54, 1.807) is 23.3 Å². The maximum Gasteiger partial charge on any atom is 0.240 e. The number of carbonyl (C=O) groups is 1. The number of aryl methyl sites for hydroxylation is 1. The second-order valence-electron chi connectivity index (χ2n) is 5.61. The number of fused-ring (bicyclic) bond motifs is 3. The van der Waals surface area contributed by atoms with Gasteiger partial charge < -0.3 is 0 Å². The highest BCUT2D eigenvalue weighted by Crippen LogP contribution is 2.44. The Morgan fingerprint density at radius 3 is 2.90 bits per heavy atom. The lowest BCUT2D eigenvalue weighted by Gasteiger charge is -2.28. The van der Waals surface area contributed by atoms with Crippen LogP contribution in [0, 0.1) is 5.92 Å². The summed E-state index contributed by atoms with van der Waals surface area (Å²) < 4.78 is 0. The summed E-state index contributed by atoms with van der Waals surface area (Å²) in [4.78, 5) is 13.3. The number of rotatable bonds is 1. The van der Waals surface area contributed by atoms with E-state index in [-0.39, 0.29) is 11.9 Å². The van der Waals surface area contributed by atoms with Gasteiger partial charge >= 0.3 is 0 Å². The molecule has 0 spiro atoms. The van der Waals surface area contributed by atoms with Crippen LogP contribution in [0.4, 0.5) is 0 Å². The quantitative estimate of drug-likeness (QED) is 0.791. The molecule has 4 rings (SSSR count). The lowest BCUT2D eigenvalue weighted by molar-refractivity contribution is -0.131. The predicted octanol–water partition coefficient (Wildman–Crippen LogP) is 3.62. The molecule has 0 unspecified atom stereocenters. The average molecular weight is 296 g/mol. The SMILES string of the molecule is CC(=O)N1N=C2c3ccccc3CC[C@H]2[C@H]1c1cccs1. The number of carbonyl (C=O) groups excluding carboxylic acids is 1. The van der Waals surface area contributed by atoms with Crippen molar-refractivity contribution < 1.29 is 4.79 Å². The summed E-state index contributed by atoms with van der Waals surface area (Å²) in [5.41, 5.74) is 3.66. The number of thiophene rings is 1. The van der Waals surface area contributed by atoms with E-state index in [0.717, 1.165) is 18.6 Å². The van der Waals surface area contributed by atoms with Gasteiger partial charge in [-0.3, -0.25) is 4.79 Å². The molecule has 0 fully saturated rings. The first-order valence-corrected chi connectivity index (χ1v) is 8.13. The molecule has 106 valence electrons. The molecule has 0 N–H and O–H groups in total. The summed E-state index contributed by atoms with van der Waals surface area (Å²) in [6, 6.07) is 12.7. The minimum Gasteiger partial charge on any atom is -0.273 e. The van der Waals surface area contributed by atoms with E-state index in [1.165, 1.54) is 16.0 Å². The fraction of sp³-hybridized carbons (Fsp3) is 0.294. The van der Waals surface area contributed by atoms with Crippen molar-refractivity contribution in [3.05, 3.63) is 57.8 Å². The van der Waals surface area contributed by atoms with Crippen molar-refractivity contribution in [2.45, 2.75) is 25.8 Å². The zero-order valence-electron chi connectivity index (χ0n) is 11.8. The zero-order chi connectivity index (χ0) is 14.4. The molecule has 0 saturated carbocycles. The van der Waals surface area contributed by atoms with Crippen molar-refractivity contribution in [1.29, 1.82) is 0 Å². The average Bonchev–Trinajstić information content (AvgIpc) is 3.13. The van der Waals surface area contributed by atoms with E-state index in [9.17, 15) is 4.79 Å². The second kappa shape index (κ2) is 4.81. The van der Waals surface area contributed by atoms with E-state index in [2.05, 4.69) is 35.7 Å². The van der Waals surface area contributed by atoms with Gasteiger partial charge in [-0.05, 0) is 29.9 Å². The van der Waals surface area contributed by atoms with Gasteiger partial charge in [0.05, 0.1) is 11.8 Å². The number of amides is 1. The lowest BCUT2D eigenvalue weighted by Crippen LogP contribution is -2.30. The molecule has 2 aromatic rings. The Morgan fingerprint density at radius 1 is 1.29 bits per heavy atom. The van der Waals surface area contributed by atoms with Gasteiger partial charge in [-0.15, -0.1) is 11.3 Å². The third-order valence-electron chi connectivity index (χ3n) is 4.39. The third kappa shape index (κ3) is 1.94. The van der Waals surface area contributed by atoms with Crippen molar-refractivity contribution in [2.24, 2.45) is 11.0 Å². The minimum absolute atomic E-state index is 0.0211. The van der Waals surface area contributed by atoms with E-state index in [1.807, 2.05) is 6.07 Å². The van der Waals surface area contributed by atoms with Gasteiger partial charge in [-0.2, -0.15) is 5.10 Å². The van der Waals surface area contributed by atoms with Crippen molar-refractivity contribution in [3.8, 4) is 0 Å². The number of hydrogen-bond donors (Lipinski definition) is 0. The Morgan fingerprint density at radius 2 is 2.14 bits per heavy atom. The third-order valence-corrected chi connectivity index (χ3v) is 5.33. The highest BCUT2D eigenvalue weighted by atomic mass is 32.1. The Hall–Kier alpha value is -1.94. The Labute approximate surface area is 127 Å². The first-order valence-electron chi connectivity index (χ1n) is 7.25. The molecule has 21 heavy (non-hydrogen) atoms. The van der Waals surface area contributed by atoms with Gasteiger partial charge in [0.15, 0.2) is 0 Å². The predicted molar refractivity (Wildman–Crippen MR) is 84.4 cm³/mol. The molecule has 0 saturated heterocycles. The van der Waals surface area contributed by atoms with Gasteiger partial charge in [-0.1, -0.05) is 30.3 Å². The fourth-order valence-corrected chi connectivity index (χ4v) is 4.34. The molecular weight excluding hydrogens is 280 g/mol. The number of hydrazone groups is 1. The van der Waals surface area contributed by atoms with Gasteiger partial charge in [0.25, 0.3) is 0 Å². The molecule has 1 aromatic carbocycles. The van der Waals surface area contributed by atoms with Crippen LogP contribution in [0.3, 0.4) is 0 Å². The lowest BCUT2D eigenvalue weighted by atomic mass is 9.79. The summed E-state index contributed by atoms with van der Waals surface area (Å²) in [5.74, 6) is 0.343. The summed E-state index contributed by atoms with van der Waals surface area (Å²) in [6.45, 7) is 1.61. The van der Waals surface area contributed by atoms with Crippen LogP contribution in [-0.2, 0) is 11.2 Å². The molecule has 3 nitrogen and oxygen atoms in total. The molecule has 2 atom stereocenters. The van der Waals surface area contributed by atoms with E-state index >= 15 is 0 Å². The molecule has 4 heteroatoms. The van der Waals surface area contributed by atoms with Gasteiger partial charge in [0.2, 0.25) is 5.91 Å². The molecule has 0 bridgehead atoms. The summed E-state index contributed by atoms with van der Waals surface area (Å²) >= 11 is 1.71. The van der Waals surface area contributed by atoms with Crippen molar-refractivity contribution in [1.82, 2.24) is 5.01 Å². The maximum absolute atomic E-state index is 12.0. The summed E-state index contributed by atoms with van der Waals surface area (Å²) in [5, 5.41) is 8.46. The van der Waals surface area contributed by atoms with Crippen LogP contribution in [0.1, 0.15) is 35.4 Å². The first kappa shape index (κ1) is 12.8. The molecule has 1 aliphatic carbocycles. The van der Waals surface area contributed by atoms with Crippen LogP contribution in [0.25, 0.3) is 0 Å². The Bertz CT molecular complexity index is 720. The van der Waals surface area contributed by atoms with Crippen LogP contribution in [0.15, 0.2) is 46.9 Å². The number of hydrogen-bond acceptors (Lipinski definition) is 3. The van der Waals surface area contributed by atoms with Crippen LogP contribution >= 0.6 is 11.3 Å². The zero-order valence-corrected chi connectivity index (χ0v) is 12.6. The summed E-state index contributed by atoms with van der Waals surface area (Å²) in [7, 11) is 0. The van der Waals surface area contributed by atoms with Gasteiger partial charge in [0.1, 0.15) is 0 Å². The molecule has 1 amide bonds. The van der Waals surface area contributed by atoms with Gasteiger partial charge in [-0.25, -0.2) is 5.01 Å². The highest BCUT2D eigenvalue weighted by molar-refractivity contribution is 7.10. The van der Waals surface area contributed by atoms with Crippen molar-refractivity contribution in [3.63, 3.8) is 0 Å². The Balaban J connectivity index is 1.83. The fourth-order valence-electron chi connectivity index (χ4n) is 3.46. The molecule has 0 radical (unpaired) electrons. The van der Waals surface area contributed by atoms with Crippen molar-refractivity contribution >= 4 is 23.0 Å². The van der Waals surface area contributed by atoms with Crippen LogP contribution in [-0.4, -0.2) is 16.6 Å². The maximum atomic E-state index is 12.0. The van der Waals surface area contributed by atoms with Crippen LogP contribution < -0.4 is 0 Å². The minimum atomic E-state index is 0.0211. The molecule has 1 aliphatic heterocycles. The van der Waals surface area contributed by atoms with Crippen molar-refractivity contribution in [2.75, 3.05) is 0 Å². The van der Waals surface area contributed by atoms with E-state index < -0.39 is 0 Å². The van der Waals surface area contributed by atoms with E-state index in [4.69, 9.17) is 5.10 Å². The first-order chi connectivity index (χ1) is 10.3. The van der Waals surface area contributed by atoms with Gasteiger partial charge in [0, 0.05) is 23.3 Å². The Kier molecular flexibility index (Phi) is 2.93. The molecular formula is C17H16N2OS.